The van der Waals surface area contributed by atoms with Gasteiger partial charge in [-0.1, -0.05) is 18.2 Å². The maximum Gasteiger partial charge on any atom is 0.263 e. The maximum atomic E-state index is 12.5. The van der Waals surface area contributed by atoms with Gasteiger partial charge < -0.3 is 4.98 Å². The summed E-state index contributed by atoms with van der Waals surface area (Å²) in [5.41, 5.74) is 1.43. The topological polar surface area (TPSA) is 85.8 Å². The molecule has 6 heteroatoms. The monoisotopic (exact) mass is 297 g/mol. The highest BCUT2D eigenvalue weighted by atomic mass is 32.2. The summed E-state index contributed by atoms with van der Waals surface area (Å²) in [7, 11) is -3.81. The van der Waals surface area contributed by atoms with E-state index in [1.807, 2.05) is 12.1 Å². The van der Waals surface area contributed by atoms with Gasteiger partial charge in [0.1, 0.15) is 11.0 Å². The molecule has 1 aromatic heterocycles. The predicted octanol–water partition coefficient (Wildman–Crippen LogP) is 2.84. The zero-order valence-corrected chi connectivity index (χ0v) is 11.7. The van der Waals surface area contributed by atoms with Crippen molar-refractivity contribution < 1.29 is 8.42 Å². The fraction of sp³-hybridized carbons (Fsp3) is 0. The Labute approximate surface area is 121 Å². The summed E-state index contributed by atoms with van der Waals surface area (Å²) in [6.07, 6.45) is 1.74. The van der Waals surface area contributed by atoms with Gasteiger partial charge in [0, 0.05) is 17.1 Å². The SMILES string of the molecule is N#Cc1ccccc1S(=O)(=O)Nc1cccc2[nH]ccc12. The van der Waals surface area contributed by atoms with Gasteiger partial charge in [-0.3, -0.25) is 4.72 Å². The number of nitrogens with one attached hydrogen (secondary N) is 2. The van der Waals surface area contributed by atoms with Gasteiger partial charge in [0.15, 0.2) is 0 Å². The number of hydrogen-bond acceptors (Lipinski definition) is 3. The highest BCUT2D eigenvalue weighted by Gasteiger charge is 2.19. The fourth-order valence-electron chi connectivity index (χ4n) is 2.17. The fourth-order valence-corrected chi connectivity index (χ4v) is 3.41. The Hall–Kier alpha value is -2.78. The molecular formula is C15H11N3O2S. The van der Waals surface area contributed by atoms with Gasteiger partial charge in [0.2, 0.25) is 0 Å². The van der Waals surface area contributed by atoms with Gasteiger partial charge in [-0.25, -0.2) is 8.42 Å². The van der Waals surface area contributed by atoms with Crippen molar-refractivity contribution in [3.8, 4) is 6.07 Å². The molecule has 3 rings (SSSR count). The van der Waals surface area contributed by atoms with Gasteiger partial charge in [0.25, 0.3) is 10.0 Å². The lowest BCUT2D eigenvalue weighted by Gasteiger charge is -2.10. The molecule has 0 saturated heterocycles. The minimum absolute atomic E-state index is 0.0277. The molecule has 2 aromatic carbocycles. The first kappa shape index (κ1) is 13.2. The minimum atomic E-state index is -3.81. The van der Waals surface area contributed by atoms with Gasteiger partial charge >= 0.3 is 0 Å². The summed E-state index contributed by atoms with van der Waals surface area (Å²) in [4.78, 5) is 2.99. The van der Waals surface area contributed by atoms with Crippen LogP contribution < -0.4 is 4.72 Å². The molecule has 0 amide bonds. The van der Waals surface area contributed by atoms with E-state index in [2.05, 4.69) is 9.71 Å². The van der Waals surface area contributed by atoms with E-state index in [1.54, 1.807) is 36.5 Å². The third kappa shape index (κ3) is 2.35. The van der Waals surface area contributed by atoms with Crippen LogP contribution in [0.15, 0.2) is 59.6 Å². The Morgan fingerprint density at radius 2 is 1.86 bits per heavy atom. The Bertz CT molecular complexity index is 952. The van der Waals surface area contributed by atoms with Crippen molar-refractivity contribution in [2.24, 2.45) is 0 Å². The van der Waals surface area contributed by atoms with E-state index in [0.29, 0.717) is 5.69 Å². The van der Waals surface area contributed by atoms with E-state index in [4.69, 9.17) is 5.26 Å². The number of rotatable bonds is 3. The van der Waals surface area contributed by atoms with Crippen molar-refractivity contribution >= 4 is 26.6 Å². The molecule has 0 atom stereocenters. The van der Waals surface area contributed by atoms with Crippen LogP contribution in [-0.4, -0.2) is 13.4 Å². The number of aromatic amines is 1. The summed E-state index contributed by atoms with van der Waals surface area (Å²) >= 11 is 0. The molecule has 5 nitrogen and oxygen atoms in total. The molecule has 0 unspecified atom stereocenters. The second kappa shape index (κ2) is 4.96. The van der Waals surface area contributed by atoms with Crippen LogP contribution in [0.2, 0.25) is 0 Å². The number of sulfonamides is 1. The van der Waals surface area contributed by atoms with Crippen LogP contribution >= 0.6 is 0 Å². The predicted molar refractivity (Wildman–Crippen MR) is 80.3 cm³/mol. The Morgan fingerprint density at radius 3 is 2.67 bits per heavy atom. The molecule has 0 spiro atoms. The highest BCUT2D eigenvalue weighted by molar-refractivity contribution is 7.92. The Balaban J connectivity index is 2.08. The summed E-state index contributed by atoms with van der Waals surface area (Å²) in [6, 6.07) is 15.1. The molecule has 2 N–H and O–H groups in total. The lowest BCUT2D eigenvalue weighted by atomic mass is 10.2. The molecular weight excluding hydrogens is 286 g/mol. The van der Waals surface area contributed by atoms with Crippen LogP contribution in [0.5, 0.6) is 0 Å². The molecule has 0 saturated carbocycles. The van der Waals surface area contributed by atoms with E-state index in [1.165, 1.54) is 12.1 Å². The molecule has 0 fully saturated rings. The first-order valence-electron chi connectivity index (χ1n) is 6.20. The van der Waals surface area contributed by atoms with E-state index < -0.39 is 10.0 Å². The second-order valence-corrected chi connectivity index (χ2v) is 6.11. The first-order chi connectivity index (χ1) is 10.1. The number of H-pyrrole nitrogens is 1. The van der Waals surface area contributed by atoms with Gasteiger partial charge in [-0.05, 0) is 30.3 Å². The average Bonchev–Trinajstić information content (AvgIpc) is 2.96. The minimum Gasteiger partial charge on any atom is -0.361 e. The molecule has 1 heterocycles. The number of nitriles is 1. The normalized spacial score (nSPS) is 11.2. The van der Waals surface area contributed by atoms with Crippen LogP contribution in [0.4, 0.5) is 5.69 Å². The summed E-state index contributed by atoms with van der Waals surface area (Å²) in [6.45, 7) is 0. The van der Waals surface area contributed by atoms with Crippen molar-refractivity contribution in [1.29, 1.82) is 5.26 Å². The number of anilines is 1. The highest BCUT2D eigenvalue weighted by Crippen LogP contribution is 2.25. The van der Waals surface area contributed by atoms with Crippen LogP contribution in [0, 0.1) is 11.3 Å². The lowest BCUT2D eigenvalue weighted by molar-refractivity contribution is 0.601. The first-order valence-corrected chi connectivity index (χ1v) is 7.68. The largest absolute Gasteiger partial charge is 0.361 e. The molecule has 0 aliphatic heterocycles. The lowest BCUT2D eigenvalue weighted by Crippen LogP contribution is -2.14. The molecule has 104 valence electrons. The van der Waals surface area contributed by atoms with Crippen molar-refractivity contribution in [2.75, 3.05) is 4.72 Å². The quantitative estimate of drug-likeness (QED) is 0.779. The summed E-state index contributed by atoms with van der Waals surface area (Å²) in [5, 5.41) is 9.81. The molecule has 0 radical (unpaired) electrons. The van der Waals surface area contributed by atoms with Gasteiger partial charge in [0.05, 0.1) is 11.3 Å². The smallest absolute Gasteiger partial charge is 0.263 e. The Kier molecular flexibility index (Phi) is 3.12. The molecule has 21 heavy (non-hydrogen) atoms. The van der Waals surface area contributed by atoms with E-state index in [9.17, 15) is 8.42 Å². The van der Waals surface area contributed by atoms with Crippen LogP contribution in [0.25, 0.3) is 10.9 Å². The number of nitrogens with zero attached hydrogens (tertiary/aromatic N) is 1. The van der Waals surface area contributed by atoms with Crippen molar-refractivity contribution in [1.82, 2.24) is 4.98 Å². The van der Waals surface area contributed by atoms with E-state index >= 15 is 0 Å². The molecule has 3 aromatic rings. The van der Waals surface area contributed by atoms with Crippen molar-refractivity contribution in [3.63, 3.8) is 0 Å². The molecule has 0 bridgehead atoms. The zero-order valence-electron chi connectivity index (χ0n) is 10.9. The number of benzene rings is 2. The standard InChI is InChI=1S/C15H11N3O2S/c16-10-11-4-1-2-7-15(11)21(19,20)18-14-6-3-5-13-12(14)8-9-17-13/h1-9,17-18H. The van der Waals surface area contributed by atoms with Crippen molar-refractivity contribution in [3.05, 3.63) is 60.3 Å². The van der Waals surface area contributed by atoms with Crippen LogP contribution in [0.3, 0.4) is 0 Å². The Morgan fingerprint density at radius 1 is 1.05 bits per heavy atom. The van der Waals surface area contributed by atoms with Gasteiger partial charge in [-0.2, -0.15) is 5.26 Å². The second-order valence-electron chi connectivity index (χ2n) is 4.46. The number of aromatic nitrogens is 1. The molecule has 0 aliphatic rings. The van der Waals surface area contributed by atoms with Crippen molar-refractivity contribution in [2.45, 2.75) is 4.90 Å². The third-order valence-electron chi connectivity index (χ3n) is 3.14. The van der Waals surface area contributed by atoms with E-state index in [0.717, 1.165) is 10.9 Å². The maximum absolute atomic E-state index is 12.5. The molecule has 0 aliphatic carbocycles. The van der Waals surface area contributed by atoms with E-state index in [-0.39, 0.29) is 10.5 Å². The number of hydrogen-bond donors (Lipinski definition) is 2. The van der Waals surface area contributed by atoms with Crippen LogP contribution in [-0.2, 0) is 10.0 Å². The van der Waals surface area contributed by atoms with Gasteiger partial charge in [-0.15, -0.1) is 0 Å². The average molecular weight is 297 g/mol. The zero-order chi connectivity index (χ0) is 14.9. The third-order valence-corrected chi connectivity index (χ3v) is 4.56. The van der Waals surface area contributed by atoms with Crippen LogP contribution in [0.1, 0.15) is 5.56 Å². The summed E-state index contributed by atoms with van der Waals surface area (Å²) < 4.78 is 27.5. The number of fused-ring (bicyclic) bond motifs is 1. The summed E-state index contributed by atoms with van der Waals surface area (Å²) in [5.74, 6) is 0.